The van der Waals surface area contributed by atoms with E-state index in [4.69, 9.17) is 4.74 Å². The lowest BCUT2D eigenvalue weighted by Gasteiger charge is -2.20. The predicted octanol–water partition coefficient (Wildman–Crippen LogP) is 2.26. The molecular formula is C15H23FN2O4S. The molecule has 23 heavy (non-hydrogen) atoms. The summed E-state index contributed by atoms with van der Waals surface area (Å²) in [4.78, 5) is 11.1. The van der Waals surface area contributed by atoms with Crippen molar-refractivity contribution in [3.05, 3.63) is 30.1 Å². The van der Waals surface area contributed by atoms with E-state index in [2.05, 4.69) is 10.0 Å². The SMILES string of the molecule is CCOC(=O)N[C@@H](CNS(=O)(=O)c1ccccc1F)CC(C)C. The fourth-order valence-electron chi connectivity index (χ4n) is 2.05. The summed E-state index contributed by atoms with van der Waals surface area (Å²) in [6.45, 7) is 5.75. The lowest BCUT2D eigenvalue weighted by molar-refractivity contribution is 0.146. The highest BCUT2D eigenvalue weighted by Gasteiger charge is 2.21. The zero-order valence-electron chi connectivity index (χ0n) is 13.5. The van der Waals surface area contributed by atoms with E-state index in [1.165, 1.54) is 18.2 Å². The molecule has 0 radical (unpaired) electrons. The highest BCUT2D eigenvalue weighted by Crippen LogP contribution is 2.13. The molecule has 1 aromatic rings. The van der Waals surface area contributed by atoms with Crippen LogP contribution in [0.3, 0.4) is 0 Å². The third kappa shape index (κ3) is 6.54. The van der Waals surface area contributed by atoms with Crippen LogP contribution in [0.4, 0.5) is 9.18 Å². The molecule has 0 aliphatic rings. The number of amides is 1. The Bertz CT molecular complexity index is 620. The van der Waals surface area contributed by atoms with E-state index in [1.54, 1.807) is 6.92 Å². The average molecular weight is 346 g/mol. The molecule has 0 aliphatic carbocycles. The van der Waals surface area contributed by atoms with Crippen LogP contribution in [0.25, 0.3) is 0 Å². The number of carbonyl (C=O) groups excluding carboxylic acids is 1. The highest BCUT2D eigenvalue weighted by molar-refractivity contribution is 7.89. The number of hydrogen-bond donors (Lipinski definition) is 2. The molecule has 1 amide bonds. The topological polar surface area (TPSA) is 84.5 Å². The van der Waals surface area contributed by atoms with Gasteiger partial charge in [0, 0.05) is 12.6 Å². The third-order valence-electron chi connectivity index (χ3n) is 3.00. The minimum absolute atomic E-state index is 0.0480. The first-order valence-corrected chi connectivity index (χ1v) is 8.92. The molecule has 0 fully saturated rings. The molecule has 0 heterocycles. The van der Waals surface area contributed by atoms with E-state index < -0.39 is 32.9 Å². The fraction of sp³-hybridized carbons (Fsp3) is 0.533. The molecule has 1 rings (SSSR count). The van der Waals surface area contributed by atoms with Crippen LogP contribution in [-0.4, -0.2) is 33.7 Å². The Kier molecular flexibility index (Phi) is 7.44. The molecule has 0 spiro atoms. The molecule has 130 valence electrons. The molecule has 0 aliphatic heterocycles. The van der Waals surface area contributed by atoms with Gasteiger partial charge in [-0.1, -0.05) is 26.0 Å². The van der Waals surface area contributed by atoms with E-state index in [-0.39, 0.29) is 19.1 Å². The van der Waals surface area contributed by atoms with Gasteiger partial charge in [0.2, 0.25) is 10.0 Å². The largest absolute Gasteiger partial charge is 0.450 e. The molecule has 6 nitrogen and oxygen atoms in total. The Balaban J connectivity index is 2.76. The molecule has 0 saturated heterocycles. The van der Waals surface area contributed by atoms with Gasteiger partial charge in [0.25, 0.3) is 0 Å². The van der Waals surface area contributed by atoms with E-state index in [0.717, 1.165) is 6.07 Å². The standard InChI is InChI=1S/C15H23FN2O4S/c1-4-22-15(19)18-12(9-11(2)3)10-17-23(20,21)14-8-6-5-7-13(14)16/h5-8,11-12,17H,4,9-10H2,1-3H3,(H,18,19)/t12-/m1/s1. The summed E-state index contributed by atoms with van der Waals surface area (Å²) in [5.74, 6) is -0.585. The van der Waals surface area contributed by atoms with Gasteiger partial charge in [-0.3, -0.25) is 0 Å². The van der Waals surface area contributed by atoms with Crippen molar-refractivity contribution in [2.24, 2.45) is 5.92 Å². The van der Waals surface area contributed by atoms with Crippen molar-refractivity contribution in [1.29, 1.82) is 0 Å². The van der Waals surface area contributed by atoms with Crippen molar-refractivity contribution in [2.45, 2.75) is 38.1 Å². The smallest absolute Gasteiger partial charge is 0.407 e. The molecule has 0 saturated carbocycles. The van der Waals surface area contributed by atoms with Gasteiger partial charge in [0.15, 0.2) is 0 Å². The molecule has 0 aromatic heterocycles. The summed E-state index contributed by atoms with van der Waals surface area (Å²) in [6.07, 6.45) is -0.0539. The lowest BCUT2D eigenvalue weighted by atomic mass is 10.0. The van der Waals surface area contributed by atoms with Gasteiger partial charge in [-0.25, -0.2) is 22.3 Å². The molecular weight excluding hydrogens is 323 g/mol. The third-order valence-corrected chi connectivity index (χ3v) is 4.46. The Morgan fingerprint density at radius 3 is 2.52 bits per heavy atom. The van der Waals surface area contributed by atoms with Crippen LogP contribution in [0.5, 0.6) is 0 Å². The van der Waals surface area contributed by atoms with Crippen molar-refractivity contribution in [2.75, 3.05) is 13.2 Å². The van der Waals surface area contributed by atoms with Crippen molar-refractivity contribution in [1.82, 2.24) is 10.0 Å². The summed E-state index contributed by atoms with van der Waals surface area (Å²) >= 11 is 0. The Labute approximate surface area is 136 Å². The lowest BCUT2D eigenvalue weighted by Crippen LogP contribution is -2.44. The number of carbonyl (C=O) groups is 1. The minimum atomic E-state index is -3.99. The van der Waals surface area contributed by atoms with E-state index >= 15 is 0 Å². The Hall–Kier alpha value is -1.67. The van der Waals surface area contributed by atoms with Crippen LogP contribution in [-0.2, 0) is 14.8 Å². The average Bonchev–Trinajstić information content (AvgIpc) is 2.45. The number of hydrogen-bond acceptors (Lipinski definition) is 4. The zero-order valence-corrected chi connectivity index (χ0v) is 14.3. The zero-order chi connectivity index (χ0) is 17.5. The summed E-state index contributed by atoms with van der Waals surface area (Å²) in [6, 6.07) is 4.68. The van der Waals surface area contributed by atoms with Crippen molar-refractivity contribution >= 4 is 16.1 Å². The number of benzene rings is 1. The van der Waals surface area contributed by atoms with Crippen LogP contribution in [0.2, 0.25) is 0 Å². The van der Waals surface area contributed by atoms with Crippen LogP contribution >= 0.6 is 0 Å². The maximum Gasteiger partial charge on any atom is 0.407 e. The Morgan fingerprint density at radius 2 is 1.96 bits per heavy atom. The monoisotopic (exact) mass is 346 g/mol. The first-order valence-electron chi connectivity index (χ1n) is 7.43. The summed E-state index contributed by atoms with van der Waals surface area (Å²) in [5, 5.41) is 2.61. The second-order valence-electron chi connectivity index (χ2n) is 5.47. The molecule has 2 N–H and O–H groups in total. The summed E-state index contributed by atoms with van der Waals surface area (Å²) < 4.78 is 45.1. The van der Waals surface area contributed by atoms with Crippen molar-refractivity contribution in [3.8, 4) is 0 Å². The maximum absolute atomic E-state index is 13.6. The summed E-state index contributed by atoms with van der Waals surface area (Å²) in [7, 11) is -3.99. The first-order chi connectivity index (χ1) is 10.8. The molecule has 8 heteroatoms. The van der Waals surface area contributed by atoms with Gasteiger partial charge < -0.3 is 10.1 Å². The molecule has 1 aromatic carbocycles. The highest BCUT2D eigenvalue weighted by atomic mass is 32.2. The van der Waals surface area contributed by atoms with Crippen LogP contribution in [0, 0.1) is 11.7 Å². The number of sulfonamides is 1. The number of rotatable bonds is 8. The number of nitrogens with one attached hydrogen (secondary N) is 2. The van der Waals surface area contributed by atoms with E-state index in [9.17, 15) is 17.6 Å². The molecule has 1 atom stereocenters. The van der Waals surface area contributed by atoms with Crippen molar-refractivity contribution in [3.63, 3.8) is 0 Å². The maximum atomic E-state index is 13.6. The first kappa shape index (κ1) is 19.4. The normalized spacial score (nSPS) is 12.9. The van der Waals surface area contributed by atoms with Gasteiger partial charge in [-0.2, -0.15) is 0 Å². The molecule has 0 unspecified atom stereocenters. The second-order valence-corrected chi connectivity index (χ2v) is 7.21. The fourth-order valence-corrected chi connectivity index (χ4v) is 3.21. The number of halogens is 1. The Morgan fingerprint density at radius 1 is 1.30 bits per heavy atom. The van der Waals surface area contributed by atoms with Crippen LogP contribution in [0.1, 0.15) is 27.2 Å². The predicted molar refractivity (Wildman–Crippen MR) is 85.0 cm³/mol. The van der Waals surface area contributed by atoms with Gasteiger partial charge >= 0.3 is 6.09 Å². The van der Waals surface area contributed by atoms with Crippen molar-refractivity contribution < 1.29 is 22.3 Å². The van der Waals surface area contributed by atoms with E-state index in [1.807, 2.05) is 13.8 Å². The van der Waals surface area contributed by atoms with Gasteiger partial charge in [0.05, 0.1) is 6.61 Å². The van der Waals surface area contributed by atoms with E-state index in [0.29, 0.717) is 6.42 Å². The second kappa shape index (κ2) is 8.83. The molecule has 0 bridgehead atoms. The van der Waals surface area contributed by atoms with Gasteiger partial charge in [-0.05, 0) is 31.4 Å². The van der Waals surface area contributed by atoms with Gasteiger partial charge in [-0.15, -0.1) is 0 Å². The minimum Gasteiger partial charge on any atom is -0.450 e. The number of alkyl carbamates (subject to hydrolysis) is 1. The summed E-state index contributed by atoms with van der Waals surface area (Å²) in [5.41, 5.74) is 0. The van der Waals surface area contributed by atoms with Crippen LogP contribution in [0.15, 0.2) is 29.2 Å². The number of ether oxygens (including phenoxy) is 1. The van der Waals surface area contributed by atoms with Crippen LogP contribution < -0.4 is 10.0 Å². The van der Waals surface area contributed by atoms with Gasteiger partial charge in [0.1, 0.15) is 10.7 Å². The quantitative estimate of drug-likeness (QED) is 0.756.